The number of ketones is 1. The van der Waals surface area contributed by atoms with Crippen LogP contribution in [0.15, 0.2) is 103 Å². The zero-order chi connectivity index (χ0) is 29.9. The number of phenols is 1. The van der Waals surface area contributed by atoms with Crippen LogP contribution in [-0.4, -0.2) is 50.6 Å². The Morgan fingerprint density at radius 2 is 1.40 bits per heavy atom. The minimum atomic E-state index is -0.337. The second kappa shape index (κ2) is 16.2. The van der Waals surface area contributed by atoms with E-state index in [0.717, 1.165) is 18.5 Å². The molecule has 4 aromatic rings. The Morgan fingerprint density at radius 1 is 0.814 bits per heavy atom. The number of fused-ring (bicyclic) bond motifs is 2. The predicted octanol–water partition coefficient (Wildman–Crippen LogP) is 8.28. The minimum absolute atomic E-state index is 0. The lowest BCUT2D eigenvalue weighted by atomic mass is 9.93. The van der Waals surface area contributed by atoms with Gasteiger partial charge in [-0.3, -0.25) is 4.79 Å². The van der Waals surface area contributed by atoms with E-state index < -0.39 is 0 Å². The second-order valence-electron chi connectivity index (χ2n) is 10.0. The fourth-order valence-electron chi connectivity index (χ4n) is 4.71. The minimum Gasteiger partial charge on any atom is -0.507 e. The number of phenolic OH excluding ortho intramolecular Hbond substituents is 1. The summed E-state index contributed by atoms with van der Waals surface area (Å²) in [5, 5.41) is 9.99. The van der Waals surface area contributed by atoms with Crippen molar-refractivity contribution in [3.63, 3.8) is 0 Å². The van der Waals surface area contributed by atoms with Crippen LogP contribution in [0.5, 0.6) is 17.2 Å². The smallest absolute Gasteiger partial charge is 0.193 e. The molecule has 0 radical (unpaired) electrons. The van der Waals surface area contributed by atoms with Crippen LogP contribution in [0.1, 0.15) is 44.6 Å². The van der Waals surface area contributed by atoms with Gasteiger partial charge in [0.2, 0.25) is 0 Å². The van der Waals surface area contributed by atoms with E-state index in [1.165, 1.54) is 54.2 Å². The summed E-state index contributed by atoms with van der Waals surface area (Å²) >= 11 is 0. The number of methoxy groups -OCH3 is 2. The average Bonchev–Trinajstić information content (AvgIpc) is 3.17. The number of hydrogen-bond acceptors (Lipinski definition) is 5. The maximum absolute atomic E-state index is 12.3. The van der Waals surface area contributed by atoms with Gasteiger partial charge in [-0.1, -0.05) is 103 Å². The van der Waals surface area contributed by atoms with Crippen molar-refractivity contribution in [3.05, 3.63) is 137 Å². The number of carbonyl (C=O) groups excluding carboxylic acids is 1. The number of benzene rings is 4. The Morgan fingerprint density at radius 3 is 1.95 bits per heavy atom. The summed E-state index contributed by atoms with van der Waals surface area (Å²) in [6.07, 6.45) is 11.0. The molecule has 0 atom stereocenters. The van der Waals surface area contributed by atoms with Crippen LogP contribution in [0, 0.1) is 0 Å². The highest BCUT2D eigenvalue weighted by molar-refractivity contribution is 6.10. The summed E-state index contributed by atoms with van der Waals surface area (Å²) in [5.74, 6) is 0.187. The average molecular weight is 596 g/mol. The lowest BCUT2D eigenvalue weighted by Crippen LogP contribution is -2.12. The summed E-state index contributed by atoms with van der Waals surface area (Å²) in [4.78, 5) is 14.5. The summed E-state index contributed by atoms with van der Waals surface area (Å²) < 4.78 is 10.2. The van der Waals surface area contributed by atoms with Crippen molar-refractivity contribution in [2.75, 3.05) is 34.9 Å². The molecular formula is C37H38ClNO4. The first-order valence-corrected chi connectivity index (χ1v) is 13.9. The molecular weight excluding hydrogens is 558 g/mol. The van der Waals surface area contributed by atoms with Gasteiger partial charge in [-0.05, 0) is 60.0 Å². The van der Waals surface area contributed by atoms with Gasteiger partial charge in [0, 0.05) is 18.7 Å². The summed E-state index contributed by atoms with van der Waals surface area (Å²) in [6.45, 7) is 1.07. The van der Waals surface area contributed by atoms with Gasteiger partial charge in [0.15, 0.2) is 5.78 Å². The number of ether oxygens (including phenoxy) is 2. The lowest BCUT2D eigenvalue weighted by molar-refractivity contribution is 0.104. The second-order valence-corrected chi connectivity index (χ2v) is 10.0. The van der Waals surface area contributed by atoms with E-state index in [1.807, 2.05) is 30.3 Å². The third-order valence-electron chi connectivity index (χ3n) is 6.85. The van der Waals surface area contributed by atoms with Gasteiger partial charge in [-0.15, -0.1) is 12.4 Å². The van der Waals surface area contributed by atoms with Crippen molar-refractivity contribution in [1.29, 1.82) is 0 Å². The van der Waals surface area contributed by atoms with Gasteiger partial charge in [0.05, 0.1) is 14.2 Å². The predicted molar refractivity (Wildman–Crippen MR) is 180 cm³/mol. The van der Waals surface area contributed by atoms with Gasteiger partial charge in [-0.25, -0.2) is 0 Å². The van der Waals surface area contributed by atoms with Gasteiger partial charge < -0.3 is 19.5 Å². The molecule has 0 spiro atoms. The van der Waals surface area contributed by atoms with E-state index in [4.69, 9.17) is 9.47 Å². The molecule has 43 heavy (non-hydrogen) atoms. The molecule has 5 rings (SSSR count). The fraction of sp³-hybridized carbons (Fsp3) is 0.162. The van der Waals surface area contributed by atoms with E-state index in [1.54, 1.807) is 12.1 Å². The fourth-order valence-corrected chi connectivity index (χ4v) is 4.71. The molecule has 0 unspecified atom stereocenters. The SMILES string of the molecule is CN(C)CCC=C1c2ccccc2C=Cc2ccccc21.COc1cc(O)c(C(=O)C=Cc2ccccc2)c(OC)c1.Cl. The van der Waals surface area contributed by atoms with E-state index in [0.29, 0.717) is 5.75 Å². The molecule has 0 fully saturated rings. The van der Waals surface area contributed by atoms with Crippen LogP contribution in [0.2, 0.25) is 0 Å². The number of halogens is 1. The quantitative estimate of drug-likeness (QED) is 0.144. The standard InChI is InChI=1S/C20H21N.C17H16O4.ClH/c1-21(2)15-7-12-20-18-10-5-3-8-16(18)13-14-17-9-4-6-11-19(17)20;1-20-13-10-15(19)17(16(11-13)21-2)14(18)9-8-12-6-4-3-5-7-12;/h3-6,8-14H,7,15H2,1-2H3;3-11,19H,1-2H3;1H. The number of hydrogen-bond donors (Lipinski definition) is 1. The Labute approximate surface area is 260 Å². The number of allylic oxidation sites excluding steroid dienone is 1. The molecule has 222 valence electrons. The van der Waals surface area contributed by atoms with Gasteiger partial charge in [-0.2, -0.15) is 0 Å². The largest absolute Gasteiger partial charge is 0.507 e. The number of nitrogens with zero attached hydrogens (tertiary/aromatic N) is 1. The summed E-state index contributed by atoms with van der Waals surface area (Å²) in [6, 6.07) is 29.7. The summed E-state index contributed by atoms with van der Waals surface area (Å²) in [7, 11) is 7.15. The van der Waals surface area contributed by atoms with Gasteiger partial charge in [0.1, 0.15) is 22.8 Å². The Balaban J connectivity index is 0.000000230. The molecule has 1 aliphatic rings. The van der Waals surface area contributed by atoms with Gasteiger partial charge in [0.25, 0.3) is 0 Å². The van der Waals surface area contributed by atoms with Crippen LogP contribution in [0.3, 0.4) is 0 Å². The highest BCUT2D eigenvalue weighted by atomic mass is 35.5. The Hall–Kier alpha value is -4.58. The maximum atomic E-state index is 12.3. The van der Waals surface area contributed by atoms with E-state index >= 15 is 0 Å². The molecule has 0 aromatic heterocycles. The molecule has 0 bridgehead atoms. The lowest BCUT2D eigenvalue weighted by Gasteiger charge is -2.13. The van der Waals surface area contributed by atoms with Crippen LogP contribution >= 0.6 is 12.4 Å². The first kappa shape index (κ1) is 32.9. The van der Waals surface area contributed by atoms with Crippen molar-refractivity contribution in [2.45, 2.75) is 6.42 Å². The van der Waals surface area contributed by atoms with Gasteiger partial charge >= 0.3 is 0 Å². The van der Waals surface area contributed by atoms with Crippen LogP contribution in [0.25, 0.3) is 23.8 Å². The van der Waals surface area contributed by atoms with Crippen molar-refractivity contribution >= 4 is 42.0 Å². The number of aromatic hydroxyl groups is 1. The zero-order valence-electron chi connectivity index (χ0n) is 25.0. The third-order valence-corrected chi connectivity index (χ3v) is 6.85. The molecule has 1 aliphatic carbocycles. The van der Waals surface area contributed by atoms with E-state index in [2.05, 4.69) is 85.8 Å². The molecule has 0 aliphatic heterocycles. The molecule has 5 nitrogen and oxygen atoms in total. The molecule has 0 saturated carbocycles. The first-order valence-electron chi connectivity index (χ1n) is 13.9. The third kappa shape index (κ3) is 8.71. The van der Waals surface area contributed by atoms with E-state index in [-0.39, 0.29) is 35.3 Å². The Kier molecular flexibility index (Phi) is 12.4. The van der Waals surface area contributed by atoms with Crippen molar-refractivity contribution in [1.82, 2.24) is 4.90 Å². The molecule has 1 N–H and O–H groups in total. The van der Waals surface area contributed by atoms with E-state index in [9.17, 15) is 9.90 Å². The molecule has 0 amide bonds. The normalized spacial score (nSPS) is 11.4. The molecule has 0 heterocycles. The monoisotopic (exact) mass is 595 g/mol. The first-order chi connectivity index (χ1) is 20.4. The number of rotatable bonds is 8. The summed E-state index contributed by atoms with van der Waals surface area (Å²) in [5.41, 5.74) is 7.63. The molecule has 0 saturated heterocycles. The van der Waals surface area contributed by atoms with Crippen molar-refractivity contribution in [3.8, 4) is 17.2 Å². The number of carbonyl (C=O) groups is 1. The van der Waals surface area contributed by atoms with Crippen LogP contribution < -0.4 is 9.47 Å². The van der Waals surface area contributed by atoms with Crippen LogP contribution in [0.4, 0.5) is 0 Å². The van der Waals surface area contributed by atoms with Crippen molar-refractivity contribution in [2.24, 2.45) is 0 Å². The topological polar surface area (TPSA) is 59.0 Å². The molecule has 6 heteroatoms. The zero-order valence-corrected chi connectivity index (χ0v) is 25.8. The highest BCUT2D eigenvalue weighted by Crippen LogP contribution is 2.35. The maximum Gasteiger partial charge on any atom is 0.193 e. The molecule has 4 aromatic carbocycles. The highest BCUT2D eigenvalue weighted by Gasteiger charge is 2.17. The van der Waals surface area contributed by atoms with Crippen molar-refractivity contribution < 1.29 is 19.4 Å². The van der Waals surface area contributed by atoms with Crippen LogP contribution in [-0.2, 0) is 0 Å². The Bertz CT molecular complexity index is 1550.